The third kappa shape index (κ3) is 4.00. The van der Waals surface area contributed by atoms with Crippen LogP contribution in [-0.2, 0) is 11.2 Å². The molecule has 1 aromatic heterocycles. The zero-order valence-corrected chi connectivity index (χ0v) is 11.5. The number of anilines is 1. The molecule has 0 bridgehead atoms. The van der Waals surface area contributed by atoms with Crippen molar-refractivity contribution in [2.24, 2.45) is 5.73 Å². The number of nitrogens with zero attached hydrogens (tertiary/aromatic N) is 1. The number of halogens is 2. The van der Waals surface area contributed by atoms with Crippen molar-refractivity contribution < 1.29 is 14.0 Å². The van der Waals surface area contributed by atoms with E-state index in [0.717, 1.165) is 6.07 Å². The molecule has 1 heterocycles. The zero-order chi connectivity index (χ0) is 15.4. The van der Waals surface area contributed by atoms with E-state index in [4.69, 9.17) is 17.3 Å². The van der Waals surface area contributed by atoms with Crippen molar-refractivity contribution in [1.82, 2.24) is 4.98 Å². The summed E-state index contributed by atoms with van der Waals surface area (Å²) in [5, 5.41) is 2.78. The highest BCUT2D eigenvalue weighted by Gasteiger charge is 2.09. The van der Waals surface area contributed by atoms with E-state index in [0.29, 0.717) is 11.3 Å². The fourth-order valence-electron chi connectivity index (χ4n) is 1.66. The van der Waals surface area contributed by atoms with Gasteiger partial charge in [0.05, 0.1) is 18.3 Å². The van der Waals surface area contributed by atoms with Crippen LogP contribution < -0.4 is 11.1 Å². The Hall–Kier alpha value is -2.47. The Bertz CT molecular complexity index is 689. The first-order chi connectivity index (χ1) is 9.95. The minimum atomic E-state index is -0.647. The van der Waals surface area contributed by atoms with Gasteiger partial charge in [0, 0.05) is 5.02 Å². The Kier molecular flexibility index (Phi) is 4.49. The van der Waals surface area contributed by atoms with Crippen LogP contribution in [0.1, 0.15) is 16.1 Å². The standard InChI is InChI=1S/C14H11ClFN3O2/c15-11-6-9(16)2-1-8(11)5-13(20)19-10-3-4-12(14(17)21)18-7-10/h1-4,6-7H,5H2,(H2,17,21)(H,19,20). The number of hydrogen-bond donors (Lipinski definition) is 2. The van der Waals surface area contributed by atoms with Gasteiger partial charge in [-0.25, -0.2) is 9.37 Å². The SMILES string of the molecule is NC(=O)c1ccc(NC(=O)Cc2ccc(F)cc2Cl)cn1. The van der Waals surface area contributed by atoms with Crippen LogP contribution in [0.5, 0.6) is 0 Å². The molecule has 2 amide bonds. The molecule has 1 aromatic carbocycles. The normalized spacial score (nSPS) is 10.2. The molecule has 21 heavy (non-hydrogen) atoms. The van der Waals surface area contributed by atoms with Gasteiger partial charge >= 0.3 is 0 Å². The van der Waals surface area contributed by atoms with Gasteiger partial charge in [0.15, 0.2) is 0 Å². The minimum Gasteiger partial charge on any atom is -0.364 e. The summed E-state index contributed by atoms with van der Waals surface area (Å²) < 4.78 is 12.9. The van der Waals surface area contributed by atoms with Gasteiger partial charge in [-0.15, -0.1) is 0 Å². The maximum atomic E-state index is 12.9. The van der Waals surface area contributed by atoms with Crippen molar-refractivity contribution >= 4 is 29.1 Å². The Morgan fingerprint density at radius 1 is 1.29 bits per heavy atom. The molecule has 108 valence electrons. The molecule has 0 spiro atoms. The fraction of sp³-hybridized carbons (Fsp3) is 0.0714. The van der Waals surface area contributed by atoms with E-state index in [9.17, 15) is 14.0 Å². The summed E-state index contributed by atoms with van der Waals surface area (Å²) in [6, 6.07) is 6.75. The number of amides is 2. The fourth-order valence-corrected chi connectivity index (χ4v) is 1.89. The van der Waals surface area contributed by atoms with E-state index in [1.165, 1.54) is 30.5 Å². The van der Waals surface area contributed by atoms with Gasteiger partial charge in [0.2, 0.25) is 5.91 Å². The summed E-state index contributed by atoms with van der Waals surface area (Å²) in [4.78, 5) is 26.5. The van der Waals surface area contributed by atoms with E-state index in [1.807, 2.05) is 0 Å². The maximum absolute atomic E-state index is 12.9. The van der Waals surface area contributed by atoms with Gasteiger partial charge in [-0.2, -0.15) is 0 Å². The van der Waals surface area contributed by atoms with Gasteiger partial charge in [0.25, 0.3) is 5.91 Å². The molecule has 0 radical (unpaired) electrons. The van der Waals surface area contributed by atoms with E-state index in [-0.39, 0.29) is 23.0 Å². The van der Waals surface area contributed by atoms with Crippen molar-refractivity contribution in [2.45, 2.75) is 6.42 Å². The van der Waals surface area contributed by atoms with Crippen molar-refractivity contribution in [3.05, 3.63) is 58.6 Å². The van der Waals surface area contributed by atoms with Crippen molar-refractivity contribution in [2.75, 3.05) is 5.32 Å². The van der Waals surface area contributed by atoms with Crippen molar-refractivity contribution in [1.29, 1.82) is 0 Å². The Morgan fingerprint density at radius 2 is 2.05 bits per heavy atom. The highest BCUT2D eigenvalue weighted by atomic mass is 35.5. The summed E-state index contributed by atoms with van der Waals surface area (Å²) in [5.74, 6) is -1.45. The molecule has 5 nitrogen and oxygen atoms in total. The summed E-state index contributed by atoms with van der Waals surface area (Å²) in [7, 11) is 0. The van der Waals surface area contributed by atoms with Gasteiger partial charge in [-0.05, 0) is 29.8 Å². The van der Waals surface area contributed by atoms with Gasteiger partial charge in [-0.1, -0.05) is 17.7 Å². The van der Waals surface area contributed by atoms with E-state index >= 15 is 0 Å². The molecule has 0 saturated carbocycles. The highest BCUT2D eigenvalue weighted by molar-refractivity contribution is 6.31. The summed E-state index contributed by atoms with van der Waals surface area (Å²) in [6.07, 6.45) is 1.32. The molecular formula is C14H11ClFN3O2. The number of nitrogens with one attached hydrogen (secondary N) is 1. The number of hydrogen-bond acceptors (Lipinski definition) is 3. The second kappa shape index (κ2) is 6.32. The van der Waals surface area contributed by atoms with Gasteiger partial charge < -0.3 is 11.1 Å². The number of primary amides is 1. The molecule has 0 fully saturated rings. The lowest BCUT2D eigenvalue weighted by atomic mass is 10.1. The summed E-state index contributed by atoms with van der Waals surface area (Å²) in [6.45, 7) is 0. The molecule has 0 atom stereocenters. The van der Waals surface area contributed by atoms with Crippen LogP contribution in [0, 0.1) is 5.82 Å². The number of carbonyl (C=O) groups excluding carboxylic acids is 2. The monoisotopic (exact) mass is 307 g/mol. The van der Waals surface area contributed by atoms with Crippen molar-refractivity contribution in [3.63, 3.8) is 0 Å². The molecule has 0 unspecified atom stereocenters. The van der Waals surface area contributed by atoms with Crippen molar-refractivity contribution in [3.8, 4) is 0 Å². The summed E-state index contributed by atoms with van der Waals surface area (Å²) in [5.41, 5.74) is 6.10. The number of nitrogens with two attached hydrogens (primary N) is 1. The molecule has 0 aliphatic rings. The average Bonchev–Trinajstić information content (AvgIpc) is 2.42. The van der Waals surface area contributed by atoms with E-state index < -0.39 is 11.7 Å². The quantitative estimate of drug-likeness (QED) is 0.907. The topological polar surface area (TPSA) is 85.1 Å². The van der Waals surface area contributed by atoms with Gasteiger partial charge in [-0.3, -0.25) is 9.59 Å². The average molecular weight is 308 g/mol. The van der Waals surface area contributed by atoms with Crippen LogP contribution >= 0.6 is 11.6 Å². The number of rotatable bonds is 4. The van der Waals surface area contributed by atoms with E-state index in [1.54, 1.807) is 0 Å². The largest absolute Gasteiger partial charge is 0.364 e. The lowest BCUT2D eigenvalue weighted by molar-refractivity contribution is -0.115. The molecule has 0 aliphatic carbocycles. The smallest absolute Gasteiger partial charge is 0.267 e. The molecule has 7 heteroatoms. The number of pyridine rings is 1. The second-order valence-electron chi connectivity index (χ2n) is 4.26. The first kappa shape index (κ1) is 14.9. The maximum Gasteiger partial charge on any atom is 0.267 e. The number of carbonyl (C=O) groups is 2. The highest BCUT2D eigenvalue weighted by Crippen LogP contribution is 2.18. The molecule has 3 N–H and O–H groups in total. The predicted molar refractivity (Wildman–Crippen MR) is 76.5 cm³/mol. The van der Waals surface area contributed by atoms with Crippen LogP contribution in [0.15, 0.2) is 36.5 Å². The van der Waals surface area contributed by atoms with Crippen LogP contribution in [0.25, 0.3) is 0 Å². The Balaban J connectivity index is 2.02. The Morgan fingerprint density at radius 3 is 2.62 bits per heavy atom. The first-order valence-electron chi connectivity index (χ1n) is 5.95. The third-order valence-corrected chi connectivity index (χ3v) is 3.02. The van der Waals surface area contributed by atoms with Crippen LogP contribution in [0.4, 0.5) is 10.1 Å². The van der Waals surface area contributed by atoms with Crippen LogP contribution in [-0.4, -0.2) is 16.8 Å². The van der Waals surface area contributed by atoms with Crippen LogP contribution in [0.2, 0.25) is 5.02 Å². The lowest BCUT2D eigenvalue weighted by Gasteiger charge is -2.07. The number of aromatic nitrogens is 1. The lowest BCUT2D eigenvalue weighted by Crippen LogP contribution is -2.16. The molecule has 2 rings (SSSR count). The third-order valence-electron chi connectivity index (χ3n) is 2.67. The molecule has 2 aromatic rings. The minimum absolute atomic E-state index is 0.00329. The predicted octanol–water partition coefficient (Wildman–Crippen LogP) is 2.15. The molecule has 0 saturated heterocycles. The van der Waals surface area contributed by atoms with Gasteiger partial charge in [0.1, 0.15) is 11.5 Å². The second-order valence-corrected chi connectivity index (χ2v) is 4.66. The van der Waals surface area contributed by atoms with Crippen LogP contribution in [0.3, 0.4) is 0 Å². The first-order valence-corrected chi connectivity index (χ1v) is 6.33. The Labute approximate surface area is 124 Å². The zero-order valence-electron chi connectivity index (χ0n) is 10.8. The summed E-state index contributed by atoms with van der Waals surface area (Å²) >= 11 is 5.85. The molecule has 0 aliphatic heterocycles. The molecular weight excluding hydrogens is 297 g/mol. The van der Waals surface area contributed by atoms with E-state index in [2.05, 4.69) is 10.3 Å². The number of benzene rings is 1.